The third kappa shape index (κ3) is 5.31. The summed E-state index contributed by atoms with van der Waals surface area (Å²) < 4.78 is 5.85. The first-order valence-electron chi connectivity index (χ1n) is 9.15. The first kappa shape index (κ1) is 18.9. The van der Waals surface area contributed by atoms with Gasteiger partial charge >= 0.3 is 5.97 Å². The van der Waals surface area contributed by atoms with Crippen LogP contribution in [0.25, 0.3) is 0 Å². The SMILES string of the molecule is CC(C(=O)O)N(CCC(=O)Nc1ccccc1Oc1ccccc1)C1CC1. The predicted octanol–water partition coefficient (Wildman–Crippen LogP) is 3.75. The van der Waals surface area contributed by atoms with E-state index in [1.807, 2.05) is 47.4 Å². The first-order valence-corrected chi connectivity index (χ1v) is 9.15. The molecule has 1 aliphatic rings. The van der Waals surface area contributed by atoms with Gasteiger partial charge in [0.1, 0.15) is 11.8 Å². The van der Waals surface area contributed by atoms with Crippen molar-refractivity contribution in [2.45, 2.75) is 38.3 Å². The first-order chi connectivity index (χ1) is 13.0. The molecule has 6 heteroatoms. The lowest BCUT2D eigenvalue weighted by atomic mass is 10.2. The second-order valence-corrected chi connectivity index (χ2v) is 6.69. The monoisotopic (exact) mass is 368 g/mol. The Morgan fingerprint density at radius 3 is 2.48 bits per heavy atom. The van der Waals surface area contributed by atoms with Gasteiger partial charge in [0.2, 0.25) is 5.91 Å². The predicted molar refractivity (Wildman–Crippen MR) is 103 cm³/mol. The van der Waals surface area contributed by atoms with Gasteiger partial charge in [-0.3, -0.25) is 14.5 Å². The number of rotatable bonds is 9. The summed E-state index contributed by atoms with van der Waals surface area (Å²) in [7, 11) is 0. The molecule has 2 N–H and O–H groups in total. The number of carboxylic acids is 1. The van der Waals surface area contributed by atoms with Gasteiger partial charge in [-0.05, 0) is 44.0 Å². The zero-order chi connectivity index (χ0) is 19.2. The molecule has 0 heterocycles. The van der Waals surface area contributed by atoms with Crippen LogP contribution in [0.4, 0.5) is 5.69 Å². The number of nitrogens with one attached hydrogen (secondary N) is 1. The average Bonchev–Trinajstić information content (AvgIpc) is 3.49. The Morgan fingerprint density at radius 1 is 1.15 bits per heavy atom. The summed E-state index contributed by atoms with van der Waals surface area (Å²) >= 11 is 0. The minimum Gasteiger partial charge on any atom is -0.480 e. The lowest BCUT2D eigenvalue weighted by molar-refractivity contribution is -0.143. The van der Waals surface area contributed by atoms with Gasteiger partial charge in [0.15, 0.2) is 5.75 Å². The van der Waals surface area contributed by atoms with Crippen molar-refractivity contribution in [3.8, 4) is 11.5 Å². The van der Waals surface area contributed by atoms with E-state index in [9.17, 15) is 14.7 Å². The number of hydrogen-bond donors (Lipinski definition) is 2. The smallest absolute Gasteiger partial charge is 0.320 e. The number of amides is 1. The largest absolute Gasteiger partial charge is 0.480 e. The Bertz CT molecular complexity index is 790. The molecule has 2 aromatic rings. The summed E-state index contributed by atoms with van der Waals surface area (Å²) in [5.74, 6) is 0.232. The number of anilines is 1. The van der Waals surface area contributed by atoms with Gasteiger partial charge in [-0.25, -0.2) is 0 Å². The van der Waals surface area contributed by atoms with Crippen molar-refractivity contribution in [3.63, 3.8) is 0 Å². The number of para-hydroxylation sites is 3. The molecule has 0 aliphatic heterocycles. The minimum atomic E-state index is -0.857. The number of carbonyl (C=O) groups excluding carboxylic acids is 1. The molecule has 2 aromatic carbocycles. The maximum atomic E-state index is 12.4. The number of aliphatic carboxylic acids is 1. The molecule has 0 saturated heterocycles. The average molecular weight is 368 g/mol. The minimum absolute atomic E-state index is 0.164. The molecule has 27 heavy (non-hydrogen) atoms. The van der Waals surface area contributed by atoms with Crippen LogP contribution in [0.2, 0.25) is 0 Å². The summed E-state index contributed by atoms with van der Waals surface area (Å²) in [5, 5.41) is 12.1. The summed E-state index contributed by atoms with van der Waals surface area (Å²) in [6, 6.07) is 16.3. The van der Waals surface area contributed by atoms with Crippen LogP contribution in [0.3, 0.4) is 0 Å². The van der Waals surface area contributed by atoms with Crippen molar-refractivity contribution >= 4 is 17.6 Å². The Hall–Kier alpha value is -2.86. The Morgan fingerprint density at radius 2 is 1.81 bits per heavy atom. The fraction of sp³-hybridized carbons (Fsp3) is 0.333. The van der Waals surface area contributed by atoms with E-state index in [1.165, 1.54) is 0 Å². The van der Waals surface area contributed by atoms with Crippen LogP contribution in [0.15, 0.2) is 54.6 Å². The van der Waals surface area contributed by atoms with E-state index >= 15 is 0 Å². The van der Waals surface area contributed by atoms with Crippen LogP contribution >= 0.6 is 0 Å². The lowest BCUT2D eigenvalue weighted by Crippen LogP contribution is -2.42. The molecule has 3 rings (SSSR count). The Labute approximate surface area is 158 Å². The van der Waals surface area contributed by atoms with Crippen LogP contribution in [0.1, 0.15) is 26.2 Å². The van der Waals surface area contributed by atoms with Crippen LogP contribution in [0.5, 0.6) is 11.5 Å². The van der Waals surface area contributed by atoms with Gasteiger partial charge in [-0.1, -0.05) is 30.3 Å². The summed E-state index contributed by atoms with van der Waals surface area (Å²) in [6.07, 6.45) is 2.22. The van der Waals surface area contributed by atoms with Crippen LogP contribution < -0.4 is 10.1 Å². The van der Waals surface area contributed by atoms with Crippen molar-refractivity contribution in [1.82, 2.24) is 4.90 Å². The summed E-state index contributed by atoms with van der Waals surface area (Å²) in [4.78, 5) is 25.6. The van der Waals surface area contributed by atoms with Crippen LogP contribution in [-0.2, 0) is 9.59 Å². The normalized spacial score (nSPS) is 14.6. The van der Waals surface area contributed by atoms with E-state index in [0.717, 1.165) is 12.8 Å². The van der Waals surface area contributed by atoms with E-state index in [-0.39, 0.29) is 18.4 Å². The molecule has 0 bridgehead atoms. The highest BCUT2D eigenvalue weighted by molar-refractivity contribution is 5.92. The number of nitrogens with zero attached hydrogens (tertiary/aromatic N) is 1. The number of carboxylic acid groups (broad SMARTS) is 1. The molecule has 142 valence electrons. The van der Waals surface area contributed by atoms with E-state index in [0.29, 0.717) is 23.7 Å². The number of ether oxygens (including phenoxy) is 1. The fourth-order valence-electron chi connectivity index (χ4n) is 2.96. The van der Waals surface area contributed by atoms with Gasteiger partial charge in [0.25, 0.3) is 0 Å². The van der Waals surface area contributed by atoms with Crippen LogP contribution in [0, 0.1) is 0 Å². The second kappa shape index (κ2) is 8.68. The molecule has 1 unspecified atom stereocenters. The zero-order valence-corrected chi connectivity index (χ0v) is 15.3. The molecule has 0 spiro atoms. The van der Waals surface area contributed by atoms with Gasteiger partial charge in [-0.15, -0.1) is 0 Å². The Kier molecular flexibility index (Phi) is 6.08. The summed E-state index contributed by atoms with van der Waals surface area (Å²) in [5.41, 5.74) is 0.593. The van der Waals surface area contributed by atoms with Crippen molar-refractivity contribution in [2.24, 2.45) is 0 Å². The van der Waals surface area contributed by atoms with Gasteiger partial charge in [-0.2, -0.15) is 0 Å². The molecule has 1 fully saturated rings. The maximum absolute atomic E-state index is 12.4. The highest BCUT2D eigenvalue weighted by atomic mass is 16.5. The van der Waals surface area contributed by atoms with Gasteiger partial charge in [0, 0.05) is 19.0 Å². The maximum Gasteiger partial charge on any atom is 0.320 e. The molecule has 1 saturated carbocycles. The Balaban J connectivity index is 1.60. The van der Waals surface area contributed by atoms with Gasteiger partial charge < -0.3 is 15.2 Å². The highest BCUT2D eigenvalue weighted by Crippen LogP contribution is 2.30. The van der Waals surface area contributed by atoms with Crippen molar-refractivity contribution in [3.05, 3.63) is 54.6 Å². The molecule has 0 radical (unpaired) electrons. The van der Waals surface area contributed by atoms with Crippen molar-refractivity contribution in [1.29, 1.82) is 0 Å². The molecular formula is C21H24N2O4. The molecule has 1 amide bonds. The molecule has 6 nitrogen and oxygen atoms in total. The van der Waals surface area contributed by atoms with Gasteiger partial charge in [0.05, 0.1) is 5.69 Å². The third-order valence-corrected chi connectivity index (χ3v) is 4.60. The third-order valence-electron chi connectivity index (χ3n) is 4.60. The zero-order valence-electron chi connectivity index (χ0n) is 15.3. The summed E-state index contributed by atoms with van der Waals surface area (Å²) in [6.45, 7) is 2.09. The number of carbonyl (C=O) groups is 2. The topological polar surface area (TPSA) is 78.9 Å². The van der Waals surface area contributed by atoms with E-state index in [1.54, 1.807) is 19.1 Å². The fourth-order valence-corrected chi connectivity index (χ4v) is 2.96. The molecule has 1 aliphatic carbocycles. The standard InChI is InChI=1S/C21H24N2O4/c1-15(21(25)26)23(16-11-12-16)14-13-20(24)22-18-9-5-6-10-19(18)27-17-7-3-2-4-8-17/h2-10,15-16H,11-14H2,1H3,(H,22,24)(H,25,26). The molecule has 0 aromatic heterocycles. The number of hydrogen-bond acceptors (Lipinski definition) is 4. The second-order valence-electron chi connectivity index (χ2n) is 6.69. The lowest BCUT2D eigenvalue weighted by Gasteiger charge is -2.25. The van der Waals surface area contributed by atoms with Crippen molar-refractivity contribution < 1.29 is 19.4 Å². The van der Waals surface area contributed by atoms with Crippen LogP contribution in [-0.4, -0.2) is 40.5 Å². The van der Waals surface area contributed by atoms with E-state index in [4.69, 9.17) is 4.74 Å². The van der Waals surface area contributed by atoms with Crippen molar-refractivity contribution in [2.75, 3.05) is 11.9 Å². The molecular weight excluding hydrogens is 344 g/mol. The molecule has 1 atom stereocenters. The highest BCUT2D eigenvalue weighted by Gasteiger charge is 2.34. The van der Waals surface area contributed by atoms with E-state index < -0.39 is 12.0 Å². The van der Waals surface area contributed by atoms with E-state index in [2.05, 4.69) is 5.32 Å². The number of benzene rings is 2. The quantitative estimate of drug-likeness (QED) is 0.705.